The fourth-order valence-corrected chi connectivity index (χ4v) is 2.02. The first-order valence-electron chi connectivity index (χ1n) is 4.43. The zero-order valence-electron chi connectivity index (χ0n) is 7.84. The van der Waals surface area contributed by atoms with Crippen molar-refractivity contribution < 1.29 is 4.79 Å². The molecule has 1 amide bonds. The van der Waals surface area contributed by atoms with E-state index in [1.54, 1.807) is 11.8 Å². The molecule has 2 N–H and O–H groups in total. The molecule has 0 aromatic heterocycles. The van der Waals surface area contributed by atoms with Gasteiger partial charge in [-0.2, -0.15) is 0 Å². The molecule has 78 valence electrons. The first-order valence-corrected chi connectivity index (χ1v) is 5.59. The van der Waals surface area contributed by atoms with Crippen LogP contribution in [0.5, 0.6) is 0 Å². The lowest BCUT2D eigenvalue weighted by Crippen LogP contribution is -2.42. The molecule has 1 saturated heterocycles. The molecule has 1 rings (SSSR count). The van der Waals surface area contributed by atoms with Crippen LogP contribution in [0.1, 0.15) is 19.8 Å². The number of hydrogen-bond acceptors (Lipinski definition) is 3. The highest BCUT2D eigenvalue weighted by atomic mass is 35.5. The summed E-state index contributed by atoms with van der Waals surface area (Å²) in [5.41, 5.74) is 0. The van der Waals surface area contributed by atoms with Gasteiger partial charge in [0.1, 0.15) is 0 Å². The number of carbonyl (C=O) groups excluding carboxylic acids is 1. The van der Waals surface area contributed by atoms with Crippen LogP contribution in [0.3, 0.4) is 0 Å². The third-order valence-corrected chi connectivity index (χ3v) is 2.80. The van der Waals surface area contributed by atoms with Crippen LogP contribution in [0.25, 0.3) is 0 Å². The molecular formula is C8H17ClN2OS. The van der Waals surface area contributed by atoms with E-state index in [-0.39, 0.29) is 24.4 Å². The van der Waals surface area contributed by atoms with Crippen LogP contribution in [-0.2, 0) is 4.79 Å². The topological polar surface area (TPSA) is 41.1 Å². The molecule has 1 heterocycles. The molecule has 0 aromatic rings. The normalized spacial score (nSPS) is 20.8. The van der Waals surface area contributed by atoms with Crippen LogP contribution in [-0.4, -0.2) is 30.1 Å². The van der Waals surface area contributed by atoms with Crippen molar-refractivity contribution in [3.63, 3.8) is 0 Å². The molecule has 0 bridgehead atoms. The van der Waals surface area contributed by atoms with Crippen LogP contribution in [0.4, 0.5) is 0 Å². The van der Waals surface area contributed by atoms with Gasteiger partial charge in [0, 0.05) is 18.2 Å². The third-order valence-electron chi connectivity index (χ3n) is 1.86. The number of rotatable bonds is 4. The van der Waals surface area contributed by atoms with E-state index < -0.39 is 0 Å². The molecule has 13 heavy (non-hydrogen) atoms. The second kappa shape index (κ2) is 7.47. The maximum absolute atomic E-state index is 11.3. The molecule has 3 nitrogen and oxygen atoms in total. The van der Waals surface area contributed by atoms with Crippen molar-refractivity contribution >= 4 is 30.1 Å². The van der Waals surface area contributed by atoms with Crippen molar-refractivity contribution in [3.8, 4) is 0 Å². The minimum Gasteiger partial charge on any atom is -0.355 e. The molecule has 1 aliphatic heterocycles. The molecule has 0 radical (unpaired) electrons. The largest absolute Gasteiger partial charge is 0.355 e. The standard InChI is InChI=1S/C8H16N2OS.ClH/c1-2-3-4-9-8(11)7-5-12-6-10-7;/h7,10H,2-6H2,1H3,(H,9,11);1H. The van der Waals surface area contributed by atoms with Gasteiger partial charge in [0.05, 0.1) is 6.04 Å². The number of unbranched alkanes of at least 4 members (excludes halogenated alkanes) is 1. The summed E-state index contributed by atoms with van der Waals surface area (Å²) < 4.78 is 0. The summed E-state index contributed by atoms with van der Waals surface area (Å²) in [6.45, 7) is 2.94. The average Bonchev–Trinajstić information content (AvgIpc) is 2.56. The molecule has 0 aliphatic carbocycles. The summed E-state index contributed by atoms with van der Waals surface area (Å²) in [5, 5.41) is 6.04. The van der Waals surface area contributed by atoms with Crippen LogP contribution in [0.15, 0.2) is 0 Å². The predicted molar refractivity (Wildman–Crippen MR) is 59.4 cm³/mol. The number of halogens is 1. The molecule has 1 fully saturated rings. The molecule has 0 spiro atoms. The zero-order chi connectivity index (χ0) is 8.81. The Labute approximate surface area is 89.8 Å². The van der Waals surface area contributed by atoms with E-state index in [0.29, 0.717) is 0 Å². The van der Waals surface area contributed by atoms with Gasteiger partial charge in [-0.05, 0) is 6.42 Å². The Balaban J connectivity index is 0.00000144. The van der Waals surface area contributed by atoms with Gasteiger partial charge in [-0.25, -0.2) is 0 Å². The van der Waals surface area contributed by atoms with Crippen LogP contribution in [0, 0.1) is 0 Å². The Morgan fingerprint density at radius 2 is 2.46 bits per heavy atom. The van der Waals surface area contributed by atoms with E-state index in [4.69, 9.17) is 0 Å². The lowest BCUT2D eigenvalue weighted by Gasteiger charge is -2.09. The van der Waals surface area contributed by atoms with Gasteiger partial charge in [0.15, 0.2) is 0 Å². The lowest BCUT2D eigenvalue weighted by atomic mass is 10.3. The van der Waals surface area contributed by atoms with Crippen molar-refractivity contribution in [1.29, 1.82) is 0 Å². The molecular weight excluding hydrogens is 208 g/mol. The first kappa shape index (κ1) is 13.1. The van der Waals surface area contributed by atoms with Crippen LogP contribution >= 0.6 is 24.2 Å². The highest BCUT2D eigenvalue weighted by Gasteiger charge is 2.21. The second-order valence-electron chi connectivity index (χ2n) is 2.92. The van der Waals surface area contributed by atoms with Crippen molar-refractivity contribution in [3.05, 3.63) is 0 Å². The maximum atomic E-state index is 11.3. The van der Waals surface area contributed by atoms with Crippen LogP contribution < -0.4 is 10.6 Å². The van der Waals surface area contributed by atoms with Crippen LogP contribution in [0.2, 0.25) is 0 Å². The molecule has 1 unspecified atom stereocenters. The Hall–Kier alpha value is 0.0700. The van der Waals surface area contributed by atoms with E-state index in [9.17, 15) is 4.79 Å². The van der Waals surface area contributed by atoms with E-state index in [2.05, 4.69) is 17.6 Å². The molecule has 1 atom stereocenters. The summed E-state index contributed by atoms with van der Waals surface area (Å²) in [6.07, 6.45) is 2.21. The van der Waals surface area contributed by atoms with Crippen molar-refractivity contribution in [2.75, 3.05) is 18.2 Å². The SMILES string of the molecule is CCCCNC(=O)C1CSCN1.Cl. The number of nitrogens with one attached hydrogen (secondary N) is 2. The molecule has 0 saturated carbocycles. The quantitative estimate of drug-likeness (QED) is 0.700. The fraction of sp³-hybridized carbons (Fsp3) is 0.875. The number of carbonyl (C=O) groups is 1. The molecule has 1 aliphatic rings. The summed E-state index contributed by atoms with van der Waals surface area (Å²) in [5.74, 6) is 1.98. The number of hydrogen-bond donors (Lipinski definition) is 2. The lowest BCUT2D eigenvalue weighted by molar-refractivity contribution is -0.122. The monoisotopic (exact) mass is 224 g/mol. The van der Waals surface area contributed by atoms with Crippen molar-refractivity contribution in [1.82, 2.24) is 10.6 Å². The predicted octanol–water partition coefficient (Wildman–Crippen LogP) is 0.987. The summed E-state index contributed by atoms with van der Waals surface area (Å²) in [4.78, 5) is 11.3. The minimum atomic E-state index is 0. The molecule has 0 aromatic carbocycles. The maximum Gasteiger partial charge on any atom is 0.238 e. The zero-order valence-corrected chi connectivity index (χ0v) is 9.47. The van der Waals surface area contributed by atoms with Gasteiger partial charge in [0.2, 0.25) is 5.91 Å². The fourth-order valence-electron chi connectivity index (χ4n) is 1.08. The number of amides is 1. The highest BCUT2D eigenvalue weighted by molar-refractivity contribution is 7.99. The summed E-state index contributed by atoms with van der Waals surface area (Å²) in [7, 11) is 0. The van der Waals surface area contributed by atoms with Crippen molar-refractivity contribution in [2.45, 2.75) is 25.8 Å². The van der Waals surface area contributed by atoms with Gasteiger partial charge in [-0.1, -0.05) is 13.3 Å². The third kappa shape index (κ3) is 4.74. The second-order valence-corrected chi connectivity index (χ2v) is 3.95. The van der Waals surface area contributed by atoms with Crippen molar-refractivity contribution in [2.24, 2.45) is 0 Å². The number of thioether (sulfide) groups is 1. The average molecular weight is 225 g/mol. The van der Waals surface area contributed by atoms with Gasteiger partial charge in [-0.15, -0.1) is 24.2 Å². The smallest absolute Gasteiger partial charge is 0.238 e. The van der Waals surface area contributed by atoms with Gasteiger partial charge < -0.3 is 5.32 Å². The van der Waals surface area contributed by atoms with E-state index in [1.165, 1.54) is 0 Å². The molecule has 5 heteroatoms. The van der Waals surface area contributed by atoms with Gasteiger partial charge in [0.25, 0.3) is 0 Å². The Morgan fingerprint density at radius 1 is 1.69 bits per heavy atom. The van der Waals surface area contributed by atoms with E-state index >= 15 is 0 Å². The Morgan fingerprint density at radius 3 is 3.00 bits per heavy atom. The Bertz CT molecular complexity index is 151. The van der Waals surface area contributed by atoms with E-state index in [0.717, 1.165) is 31.0 Å². The van der Waals surface area contributed by atoms with Gasteiger partial charge in [-0.3, -0.25) is 10.1 Å². The summed E-state index contributed by atoms with van der Waals surface area (Å²) in [6, 6.07) is 0.0480. The minimum absolute atomic E-state index is 0. The summed E-state index contributed by atoms with van der Waals surface area (Å²) >= 11 is 1.78. The Kier molecular flexibility index (Phi) is 7.51. The first-order chi connectivity index (χ1) is 5.84. The van der Waals surface area contributed by atoms with Gasteiger partial charge >= 0.3 is 0 Å². The van der Waals surface area contributed by atoms with E-state index in [1.807, 2.05) is 0 Å². The highest BCUT2D eigenvalue weighted by Crippen LogP contribution is 2.08.